The van der Waals surface area contributed by atoms with E-state index in [-0.39, 0.29) is 0 Å². The third kappa shape index (κ3) is 9.02. The molecule has 2 rings (SSSR count). The third-order valence-corrected chi connectivity index (χ3v) is 2.35. The van der Waals surface area contributed by atoms with Gasteiger partial charge in [0, 0.05) is 25.0 Å². The first-order chi connectivity index (χ1) is 10.7. The molecule has 23 heavy (non-hydrogen) atoms. The lowest BCUT2D eigenvalue weighted by Gasteiger charge is -2.22. The maximum atomic E-state index is 10.0. The van der Waals surface area contributed by atoms with Crippen LogP contribution in [0.1, 0.15) is 25.0 Å². The van der Waals surface area contributed by atoms with Crippen molar-refractivity contribution in [2.45, 2.75) is 19.6 Å². The van der Waals surface area contributed by atoms with Crippen LogP contribution in [0.4, 0.5) is 0 Å². The SMILES string of the molecule is CC(=O)O.CC(=O)O.OC(O)(c1ccccc1)c1ccccc1. The Balaban J connectivity index is 0.000000509. The summed E-state index contributed by atoms with van der Waals surface area (Å²) >= 11 is 0. The number of aliphatic hydroxyl groups is 2. The second-order valence-electron chi connectivity index (χ2n) is 4.44. The Morgan fingerprint density at radius 1 is 0.696 bits per heavy atom. The Labute approximate surface area is 134 Å². The number of hydrogen-bond acceptors (Lipinski definition) is 4. The molecule has 6 heteroatoms. The smallest absolute Gasteiger partial charge is 0.300 e. The summed E-state index contributed by atoms with van der Waals surface area (Å²) in [7, 11) is 0. The van der Waals surface area contributed by atoms with Gasteiger partial charge in [-0.15, -0.1) is 0 Å². The fourth-order valence-electron chi connectivity index (χ4n) is 1.51. The molecule has 0 unspecified atom stereocenters. The van der Waals surface area contributed by atoms with Crippen molar-refractivity contribution in [1.82, 2.24) is 0 Å². The Hall–Kier alpha value is -2.70. The van der Waals surface area contributed by atoms with Gasteiger partial charge in [-0.1, -0.05) is 60.7 Å². The van der Waals surface area contributed by atoms with E-state index in [9.17, 15) is 10.2 Å². The van der Waals surface area contributed by atoms with Gasteiger partial charge in [0.05, 0.1) is 0 Å². The minimum Gasteiger partial charge on any atom is -0.481 e. The molecule has 0 aliphatic heterocycles. The highest BCUT2D eigenvalue weighted by Crippen LogP contribution is 2.25. The van der Waals surface area contributed by atoms with Gasteiger partial charge in [0.1, 0.15) is 0 Å². The van der Waals surface area contributed by atoms with Gasteiger partial charge in [-0.2, -0.15) is 0 Å². The van der Waals surface area contributed by atoms with Gasteiger partial charge >= 0.3 is 0 Å². The van der Waals surface area contributed by atoms with Crippen LogP contribution in [0.15, 0.2) is 60.7 Å². The summed E-state index contributed by atoms with van der Waals surface area (Å²) in [6.45, 7) is 2.17. The first-order valence-electron chi connectivity index (χ1n) is 6.62. The van der Waals surface area contributed by atoms with Crippen molar-refractivity contribution in [1.29, 1.82) is 0 Å². The molecule has 0 saturated heterocycles. The van der Waals surface area contributed by atoms with Crippen LogP contribution in [0.5, 0.6) is 0 Å². The molecule has 124 valence electrons. The topological polar surface area (TPSA) is 115 Å². The molecule has 2 aromatic rings. The van der Waals surface area contributed by atoms with Crippen LogP contribution in [0, 0.1) is 0 Å². The van der Waals surface area contributed by atoms with Crippen LogP contribution in [0.25, 0.3) is 0 Å². The maximum absolute atomic E-state index is 10.0. The monoisotopic (exact) mass is 320 g/mol. The summed E-state index contributed by atoms with van der Waals surface area (Å²) in [5.74, 6) is -3.58. The lowest BCUT2D eigenvalue weighted by Crippen LogP contribution is -2.26. The quantitative estimate of drug-likeness (QED) is 0.630. The molecule has 0 bridgehead atoms. The average Bonchev–Trinajstić information content (AvgIpc) is 2.48. The molecular formula is C17H20O6. The van der Waals surface area contributed by atoms with Crippen molar-refractivity contribution in [3.63, 3.8) is 0 Å². The highest BCUT2D eigenvalue weighted by molar-refractivity contribution is 5.63. The number of hydrogen-bond donors (Lipinski definition) is 4. The Bertz CT molecular complexity index is 531. The van der Waals surface area contributed by atoms with Gasteiger partial charge < -0.3 is 20.4 Å². The van der Waals surface area contributed by atoms with Gasteiger partial charge in [0.2, 0.25) is 5.79 Å². The van der Waals surface area contributed by atoms with E-state index >= 15 is 0 Å². The molecule has 4 N–H and O–H groups in total. The molecule has 0 saturated carbocycles. The molecule has 0 fully saturated rings. The van der Waals surface area contributed by atoms with Crippen molar-refractivity contribution in [3.05, 3.63) is 71.8 Å². The van der Waals surface area contributed by atoms with Crippen molar-refractivity contribution >= 4 is 11.9 Å². The van der Waals surface area contributed by atoms with Crippen LogP contribution in [0.3, 0.4) is 0 Å². The van der Waals surface area contributed by atoms with Crippen LogP contribution in [-0.2, 0) is 15.4 Å². The molecule has 0 amide bonds. The first-order valence-corrected chi connectivity index (χ1v) is 6.62. The summed E-state index contributed by atoms with van der Waals surface area (Å²) in [5.41, 5.74) is 0.937. The predicted octanol–water partition coefficient (Wildman–Crippen LogP) is 2.05. The van der Waals surface area contributed by atoms with Gasteiger partial charge in [0.25, 0.3) is 11.9 Å². The Morgan fingerprint density at radius 3 is 1.13 bits per heavy atom. The lowest BCUT2D eigenvalue weighted by molar-refractivity contribution is -0.135. The van der Waals surface area contributed by atoms with E-state index in [4.69, 9.17) is 19.8 Å². The summed E-state index contributed by atoms with van der Waals surface area (Å²) in [6, 6.07) is 17.5. The van der Waals surface area contributed by atoms with E-state index in [0.717, 1.165) is 13.8 Å². The second-order valence-corrected chi connectivity index (χ2v) is 4.44. The van der Waals surface area contributed by atoms with Crippen molar-refractivity contribution in [3.8, 4) is 0 Å². The minimum atomic E-state index is -1.91. The van der Waals surface area contributed by atoms with E-state index < -0.39 is 17.7 Å². The highest BCUT2D eigenvalue weighted by atomic mass is 16.5. The molecule has 0 aromatic heterocycles. The zero-order valence-corrected chi connectivity index (χ0v) is 12.9. The van der Waals surface area contributed by atoms with Gasteiger partial charge in [-0.05, 0) is 0 Å². The number of carbonyl (C=O) groups is 2. The van der Waals surface area contributed by atoms with Crippen LogP contribution < -0.4 is 0 Å². The fraction of sp³-hybridized carbons (Fsp3) is 0.176. The summed E-state index contributed by atoms with van der Waals surface area (Å²) < 4.78 is 0. The van der Waals surface area contributed by atoms with Crippen molar-refractivity contribution in [2.75, 3.05) is 0 Å². The average molecular weight is 320 g/mol. The molecule has 0 aliphatic rings. The van der Waals surface area contributed by atoms with Crippen molar-refractivity contribution < 1.29 is 30.0 Å². The Kier molecular flexibility index (Phi) is 8.91. The van der Waals surface area contributed by atoms with E-state index in [0.29, 0.717) is 11.1 Å². The summed E-state index contributed by atoms with van der Waals surface area (Å²) in [5, 5.41) is 34.9. The van der Waals surface area contributed by atoms with E-state index in [1.165, 1.54) is 0 Å². The van der Waals surface area contributed by atoms with Gasteiger partial charge in [-0.25, -0.2) is 0 Å². The lowest BCUT2D eigenvalue weighted by atomic mass is 9.98. The van der Waals surface area contributed by atoms with Crippen molar-refractivity contribution in [2.24, 2.45) is 0 Å². The number of benzene rings is 2. The molecular weight excluding hydrogens is 300 g/mol. The molecule has 0 heterocycles. The molecule has 0 spiro atoms. The fourth-order valence-corrected chi connectivity index (χ4v) is 1.51. The molecule has 6 nitrogen and oxygen atoms in total. The summed E-state index contributed by atoms with van der Waals surface area (Å²) in [6.07, 6.45) is 0. The van der Waals surface area contributed by atoms with E-state index in [1.807, 2.05) is 12.1 Å². The van der Waals surface area contributed by atoms with Crippen LogP contribution >= 0.6 is 0 Å². The number of carboxylic acid groups (broad SMARTS) is 2. The molecule has 2 aromatic carbocycles. The standard InChI is InChI=1S/C13H12O2.2C2H4O2/c14-13(15,11-7-3-1-4-8-11)12-9-5-2-6-10-12;2*1-2(3)4/h1-10,14-15H;2*1H3,(H,3,4). The normalized spacial score (nSPS) is 9.57. The third-order valence-electron chi connectivity index (χ3n) is 2.35. The molecule has 0 aliphatic carbocycles. The van der Waals surface area contributed by atoms with Crippen LogP contribution in [-0.4, -0.2) is 32.4 Å². The number of aliphatic carboxylic acids is 2. The van der Waals surface area contributed by atoms with Gasteiger partial charge in [-0.3, -0.25) is 9.59 Å². The zero-order chi connectivity index (χ0) is 17.9. The molecule has 0 atom stereocenters. The summed E-state index contributed by atoms with van der Waals surface area (Å²) in [4.78, 5) is 18.0. The zero-order valence-electron chi connectivity index (χ0n) is 12.9. The van der Waals surface area contributed by atoms with E-state index in [2.05, 4.69) is 0 Å². The highest BCUT2D eigenvalue weighted by Gasteiger charge is 2.27. The second kappa shape index (κ2) is 10.1. The molecule has 0 radical (unpaired) electrons. The van der Waals surface area contributed by atoms with Gasteiger partial charge in [0.15, 0.2) is 0 Å². The Morgan fingerprint density at radius 2 is 0.913 bits per heavy atom. The largest absolute Gasteiger partial charge is 0.481 e. The predicted molar refractivity (Wildman–Crippen MR) is 84.7 cm³/mol. The minimum absolute atomic E-state index is 0.469. The first kappa shape index (κ1) is 20.3. The number of carboxylic acids is 2. The van der Waals surface area contributed by atoms with E-state index in [1.54, 1.807) is 48.5 Å². The number of rotatable bonds is 2. The van der Waals surface area contributed by atoms with Crippen LogP contribution in [0.2, 0.25) is 0 Å². The maximum Gasteiger partial charge on any atom is 0.300 e.